The van der Waals surface area contributed by atoms with E-state index in [0.717, 1.165) is 6.42 Å². The number of halogens is 1. The number of hydrogen-bond donors (Lipinski definition) is 3. The van der Waals surface area contributed by atoms with Crippen molar-refractivity contribution in [3.63, 3.8) is 0 Å². The van der Waals surface area contributed by atoms with Crippen LogP contribution in [-0.2, 0) is 18.3 Å². The van der Waals surface area contributed by atoms with Crippen LogP contribution in [0, 0.1) is 0 Å². The van der Waals surface area contributed by atoms with E-state index in [9.17, 15) is 14.7 Å². The summed E-state index contributed by atoms with van der Waals surface area (Å²) in [7, 11) is 3.13. The molecule has 0 fully saturated rings. The number of benzene rings is 1. The van der Waals surface area contributed by atoms with Crippen LogP contribution in [0.25, 0.3) is 11.2 Å². The van der Waals surface area contributed by atoms with Gasteiger partial charge in [0.1, 0.15) is 18.5 Å². The van der Waals surface area contributed by atoms with Gasteiger partial charge in [0.25, 0.3) is 5.56 Å². The number of H-pyrrole nitrogens is 1. The standard InChI is InChI=1S/C19H24ClN5O5/c1-24-16-15(17(27)23-19(24)28)25(18(22-16)21-8-3-9-29-2)10-13(26)11-30-14-6-4-12(20)5-7-14/h4-7,13,26H,3,8-11H2,1-2H3,(H,21,22)(H,23,27,28)/t13-/m0/s1. The number of aromatic amines is 1. The number of aliphatic hydroxyl groups excluding tert-OH is 1. The number of nitrogens with one attached hydrogen (secondary N) is 2. The maximum absolute atomic E-state index is 12.5. The molecule has 11 heteroatoms. The van der Waals surface area contributed by atoms with Gasteiger partial charge in [-0.3, -0.25) is 14.3 Å². The topological polar surface area (TPSA) is 123 Å². The van der Waals surface area contributed by atoms with E-state index >= 15 is 0 Å². The van der Waals surface area contributed by atoms with Crippen molar-refractivity contribution < 1.29 is 14.6 Å². The smallest absolute Gasteiger partial charge is 0.329 e. The maximum atomic E-state index is 12.5. The van der Waals surface area contributed by atoms with E-state index in [-0.39, 0.29) is 24.3 Å². The fourth-order valence-corrected chi connectivity index (χ4v) is 3.08. The molecule has 0 radical (unpaired) electrons. The Bertz CT molecular complexity index is 1110. The molecule has 10 nitrogen and oxygen atoms in total. The minimum atomic E-state index is -0.936. The number of nitrogens with zero attached hydrogens (tertiary/aromatic N) is 3. The molecular weight excluding hydrogens is 414 g/mol. The number of anilines is 1. The van der Waals surface area contributed by atoms with Crippen LogP contribution < -0.4 is 21.3 Å². The average Bonchev–Trinajstić information content (AvgIpc) is 3.08. The summed E-state index contributed by atoms with van der Waals surface area (Å²) < 4.78 is 13.4. The highest BCUT2D eigenvalue weighted by Crippen LogP contribution is 2.18. The summed E-state index contributed by atoms with van der Waals surface area (Å²) >= 11 is 5.86. The molecule has 0 aliphatic heterocycles. The molecule has 1 aromatic carbocycles. The quantitative estimate of drug-likeness (QED) is 0.404. The third kappa shape index (κ3) is 5.02. The van der Waals surface area contributed by atoms with Gasteiger partial charge in [0.15, 0.2) is 11.2 Å². The first-order valence-electron chi connectivity index (χ1n) is 9.39. The Morgan fingerprint density at radius 1 is 1.30 bits per heavy atom. The number of fused-ring (bicyclic) bond motifs is 1. The van der Waals surface area contributed by atoms with Crippen molar-refractivity contribution in [3.05, 3.63) is 50.1 Å². The predicted molar refractivity (Wildman–Crippen MR) is 114 cm³/mol. The van der Waals surface area contributed by atoms with Crippen LogP contribution in [0.4, 0.5) is 5.95 Å². The Labute approximate surface area is 177 Å². The van der Waals surface area contributed by atoms with Gasteiger partial charge >= 0.3 is 5.69 Å². The Morgan fingerprint density at radius 3 is 2.73 bits per heavy atom. The largest absolute Gasteiger partial charge is 0.491 e. The van der Waals surface area contributed by atoms with Gasteiger partial charge in [0.05, 0.1) is 6.54 Å². The molecular formula is C19H24ClN5O5. The van der Waals surface area contributed by atoms with Gasteiger partial charge in [-0.25, -0.2) is 4.79 Å². The fourth-order valence-electron chi connectivity index (χ4n) is 2.95. The van der Waals surface area contributed by atoms with Gasteiger partial charge in [-0.05, 0) is 30.7 Å². The zero-order chi connectivity index (χ0) is 21.7. The summed E-state index contributed by atoms with van der Waals surface area (Å²) in [5.41, 5.74) is -0.716. The Morgan fingerprint density at radius 2 is 2.03 bits per heavy atom. The first-order chi connectivity index (χ1) is 14.4. The van der Waals surface area contributed by atoms with Gasteiger partial charge in [0, 0.05) is 32.3 Å². The number of methoxy groups -OCH3 is 1. The van der Waals surface area contributed by atoms with E-state index in [1.807, 2.05) is 0 Å². The van der Waals surface area contributed by atoms with E-state index in [2.05, 4.69) is 15.3 Å². The van der Waals surface area contributed by atoms with Crippen molar-refractivity contribution >= 4 is 28.7 Å². The molecule has 3 rings (SSSR count). The summed E-state index contributed by atoms with van der Waals surface area (Å²) in [6.45, 7) is 1.14. The molecule has 30 heavy (non-hydrogen) atoms. The summed E-state index contributed by atoms with van der Waals surface area (Å²) in [5.74, 6) is 0.936. The van der Waals surface area contributed by atoms with Crippen molar-refractivity contribution in [2.75, 3.05) is 32.2 Å². The zero-order valence-electron chi connectivity index (χ0n) is 16.7. The van der Waals surface area contributed by atoms with Crippen molar-refractivity contribution in [1.82, 2.24) is 19.1 Å². The van der Waals surface area contributed by atoms with Gasteiger partial charge in [-0.15, -0.1) is 0 Å². The molecule has 3 N–H and O–H groups in total. The first-order valence-corrected chi connectivity index (χ1v) is 9.77. The van der Waals surface area contributed by atoms with E-state index in [1.165, 1.54) is 11.6 Å². The number of aryl methyl sites for hydroxylation is 1. The van der Waals surface area contributed by atoms with Gasteiger partial charge < -0.3 is 24.5 Å². The third-order valence-corrected chi connectivity index (χ3v) is 4.72. The molecule has 162 valence electrons. The predicted octanol–water partition coefficient (Wildman–Crippen LogP) is 0.965. The minimum absolute atomic E-state index is 0.00586. The van der Waals surface area contributed by atoms with Crippen LogP contribution in [-0.4, -0.2) is 57.2 Å². The molecule has 0 aliphatic carbocycles. The second-order valence-corrected chi connectivity index (χ2v) is 7.16. The van der Waals surface area contributed by atoms with E-state index in [4.69, 9.17) is 21.1 Å². The van der Waals surface area contributed by atoms with Gasteiger partial charge in [-0.1, -0.05) is 11.6 Å². The molecule has 3 aromatic rings. The first kappa shape index (κ1) is 21.9. The third-order valence-electron chi connectivity index (χ3n) is 4.46. The van der Waals surface area contributed by atoms with Crippen LogP contribution >= 0.6 is 11.6 Å². The SMILES string of the molecule is COCCCNc1nc2c(c(=O)[nH]c(=O)n2C)n1C[C@H](O)COc1ccc(Cl)cc1. The molecule has 2 heterocycles. The summed E-state index contributed by atoms with van der Waals surface area (Å²) in [6.07, 6.45) is -0.216. The lowest BCUT2D eigenvalue weighted by Crippen LogP contribution is -2.31. The number of hydrogen-bond acceptors (Lipinski definition) is 7. The molecule has 0 amide bonds. The molecule has 0 bridgehead atoms. The van der Waals surface area contributed by atoms with E-state index < -0.39 is 17.4 Å². The number of rotatable bonds is 10. The number of aliphatic hydroxyl groups is 1. The second-order valence-electron chi connectivity index (χ2n) is 6.73. The highest BCUT2D eigenvalue weighted by atomic mass is 35.5. The van der Waals surface area contributed by atoms with Crippen LogP contribution in [0.2, 0.25) is 5.02 Å². The van der Waals surface area contributed by atoms with Gasteiger partial charge in [-0.2, -0.15) is 4.98 Å². The minimum Gasteiger partial charge on any atom is -0.491 e. The van der Waals surface area contributed by atoms with Crippen molar-refractivity contribution in [3.8, 4) is 5.75 Å². The maximum Gasteiger partial charge on any atom is 0.329 e. The molecule has 0 aliphatic rings. The van der Waals surface area contributed by atoms with Crippen LogP contribution in [0.3, 0.4) is 0 Å². The van der Waals surface area contributed by atoms with Crippen LogP contribution in [0.5, 0.6) is 5.75 Å². The summed E-state index contributed by atoms with van der Waals surface area (Å²) in [5, 5.41) is 14.2. The highest BCUT2D eigenvalue weighted by Gasteiger charge is 2.19. The van der Waals surface area contributed by atoms with Crippen LogP contribution in [0.1, 0.15) is 6.42 Å². The van der Waals surface area contributed by atoms with Crippen molar-refractivity contribution in [1.29, 1.82) is 0 Å². The van der Waals surface area contributed by atoms with Crippen LogP contribution in [0.15, 0.2) is 33.9 Å². The summed E-state index contributed by atoms with van der Waals surface area (Å²) in [4.78, 5) is 31.0. The monoisotopic (exact) mass is 437 g/mol. The normalized spacial score (nSPS) is 12.3. The van der Waals surface area contributed by atoms with Gasteiger partial charge in [0.2, 0.25) is 5.95 Å². The molecule has 2 aromatic heterocycles. The molecule has 0 saturated heterocycles. The lowest BCUT2D eigenvalue weighted by Gasteiger charge is -2.16. The number of imidazole rings is 1. The lowest BCUT2D eigenvalue weighted by molar-refractivity contribution is 0.0938. The zero-order valence-corrected chi connectivity index (χ0v) is 17.5. The molecule has 0 saturated carbocycles. The summed E-state index contributed by atoms with van der Waals surface area (Å²) in [6, 6.07) is 6.78. The van der Waals surface area contributed by atoms with Crippen molar-refractivity contribution in [2.45, 2.75) is 19.1 Å². The fraction of sp³-hybridized carbons (Fsp3) is 0.421. The Hall–Kier alpha value is -2.82. The second kappa shape index (κ2) is 9.79. The van der Waals surface area contributed by atoms with Crippen molar-refractivity contribution in [2.24, 2.45) is 7.05 Å². The Kier molecular flexibility index (Phi) is 7.14. The number of ether oxygens (including phenoxy) is 2. The van der Waals surface area contributed by atoms with E-state index in [0.29, 0.717) is 29.9 Å². The molecule has 0 spiro atoms. The highest BCUT2D eigenvalue weighted by molar-refractivity contribution is 6.30. The molecule has 0 unspecified atom stereocenters. The van der Waals surface area contributed by atoms with E-state index in [1.54, 1.807) is 35.9 Å². The number of aromatic nitrogens is 4. The Balaban J connectivity index is 1.84. The lowest BCUT2D eigenvalue weighted by atomic mass is 10.3. The molecule has 1 atom stereocenters. The average molecular weight is 438 g/mol.